The van der Waals surface area contributed by atoms with Crippen molar-refractivity contribution in [1.29, 1.82) is 0 Å². The van der Waals surface area contributed by atoms with Crippen LogP contribution in [0, 0.1) is 0 Å². The molecule has 0 amide bonds. The van der Waals surface area contributed by atoms with Crippen LogP contribution in [0.5, 0.6) is 5.75 Å². The molecule has 0 aliphatic heterocycles. The first-order valence-corrected chi connectivity index (χ1v) is 6.92. The zero-order chi connectivity index (χ0) is 12.3. The standard InChI is InChI=1S/C9H13IN2O3S/c1-12(2)16(13,14)7-4-5-8(11-10)9(6-7)15-3/h4-6,11H,1-3H3. The lowest BCUT2D eigenvalue weighted by atomic mass is 10.3. The summed E-state index contributed by atoms with van der Waals surface area (Å²) in [7, 11) is 1.07. The van der Waals surface area contributed by atoms with Gasteiger partial charge < -0.3 is 8.27 Å². The van der Waals surface area contributed by atoms with Crippen molar-refractivity contribution < 1.29 is 13.2 Å². The molecule has 0 heterocycles. The van der Waals surface area contributed by atoms with E-state index < -0.39 is 10.0 Å². The van der Waals surface area contributed by atoms with Gasteiger partial charge in [0.25, 0.3) is 0 Å². The quantitative estimate of drug-likeness (QED) is 0.659. The number of hydrogen-bond donors (Lipinski definition) is 1. The second-order valence-electron chi connectivity index (χ2n) is 3.24. The fourth-order valence-corrected chi connectivity index (χ4v) is 2.48. The number of hydrogen-bond acceptors (Lipinski definition) is 4. The predicted molar refractivity (Wildman–Crippen MR) is 71.5 cm³/mol. The molecule has 0 aliphatic rings. The Labute approximate surface area is 109 Å². The van der Waals surface area contributed by atoms with Crippen molar-refractivity contribution in [2.24, 2.45) is 0 Å². The fraction of sp³-hybridized carbons (Fsp3) is 0.333. The van der Waals surface area contributed by atoms with Gasteiger partial charge in [0.15, 0.2) is 0 Å². The minimum absolute atomic E-state index is 0.213. The SMILES string of the molecule is COc1cc(S(=O)(=O)N(C)C)ccc1NI. The smallest absolute Gasteiger partial charge is 0.242 e. The highest BCUT2D eigenvalue weighted by Gasteiger charge is 2.18. The van der Waals surface area contributed by atoms with Crippen molar-refractivity contribution in [3.8, 4) is 5.75 Å². The van der Waals surface area contributed by atoms with E-state index in [2.05, 4.69) is 3.53 Å². The third kappa shape index (κ3) is 2.58. The molecule has 0 radical (unpaired) electrons. The molecule has 0 spiro atoms. The second kappa shape index (κ2) is 5.19. The van der Waals surface area contributed by atoms with Crippen molar-refractivity contribution in [1.82, 2.24) is 4.31 Å². The highest BCUT2D eigenvalue weighted by Crippen LogP contribution is 2.29. The predicted octanol–water partition coefficient (Wildman–Crippen LogP) is 1.71. The van der Waals surface area contributed by atoms with Gasteiger partial charge in [0, 0.05) is 20.2 Å². The lowest BCUT2D eigenvalue weighted by Gasteiger charge is -2.13. The van der Waals surface area contributed by atoms with Crippen LogP contribution in [-0.2, 0) is 10.0 Å². The van der Waals surface area contributed by atoms with E-state index in [1.165, 1.54) is 31.6 Å². The summed E-state index contributed by atoms with van der Waals surface area (Å²) in [5, 5.41) is 0. The molecule has 1 N–H and O–H groups in total. The van der Waals surface area contributed by atoms with Gasteiger partial charge in [0.1, 0.15) is 5.75 Å². The van der Waals surface area contributed by atoms with Gasteiger partial charge in [-0.1, -0.05) is 0 Å². The highest BCUT2D eigenvalue weighted by atomic mass is 127. The van der Waals surface area contributed by atoms with E-state index in [9.17, 15) is 8.42 Å². The van der Waals surface area contributed by atoms with Gasteiger partial charge >= 0.3 is 0 Å². The van der Waals surface area contributed by atoms with Crippen molar-refractivity contribution in [3.63, 3.8) is 0 Å². The molecule has 0 aromatic heterocycles. The molecule has 16 heavy (non-hydrogen) atoms. The van der Waals surface area contributed by atoms with Crippen LogP contribution in [0.1, 0.15) is 0 Å². The van der Waals surface area contributed by atoms with Gasteiger partial charge in [-0.3, -0.25) is 0 Å². The maximum atomic E-state index is 11.8. The van der Waals surface area contributed by atoms with E-state index in [0.717, 1.165) is 5.69 Å². The molecule has 0 bridgehead atoms. The zero-order valence-corrected chi connectivity index (χ0v) is 12.2. The number of benzene rings is 1. The molecule has 0 unspecified atom stereocenters. The van der Waals surface area contributed by atoms with E-state index >= 15 is 0 Å². The number of halogens is 1. The van der Waals surface area contributed by atoms with Crippen molar-refractivity contribution in [2.45, 2.75) is 4.90 Å². The molecular weight excluding hydrogens is 343 g/mol. The van der Waals surface area contributed by atoms with Crippen LogP contribution >= 0.6 is 22.9 Å². The number of methoxy groups -OCH3 is 1. The summed E-state index contributed by atoms with van der Waals surface area (Å²) in [5.74, 6) is 0.498. The fourth-order valence-electron chi connectivity index (χ4n) is 1.12. The average Bonchev–Trinajstić information content (AvgIpc) is 2.27. The van der Waals surface area contributed by atoms with Crippen LogP contribution in [0.15, 0.2) is 23.1 Å². The molecule has 0 fully saturated rings. The molecule has 1 rings (SSSR count). The van der Waals surface area contributed by atoms with E-state index in [-0.39, 0.29) is 4.90 Å². The maximum Gasteiger partial charge on any atom is 0.242 e. The van der Waals surface area contributed by atoms with Crippen molar-refractivity contribution in [2.75, 3.05) is 24.7 Å². The minimum Gasteiger partial charge on any atom is -0.495 e. The zero-order valence-electron chi connectivity index (χ0n) is 9.19. The van der Waals surface area contributed by atoms with Crippen molar-refractivity contribution >= 4 is 38.6 Å². The first kappa shape index (κ1) is 13.5. The lowest BCUT2D eigenvalue weighted by molar-refractivity contribution is 0.415. The van der Waals surface area contributed by atoms with Crippen molar-refractivity contribution in [3.05, 3.63) is 18.2 Å². The number of nitrogens with one attached hydrogen (secondary N) is 1. The number of ether oxygens (including phenoxy) is 1. The molecule has 0 saturated heterocycles. The topological polar surface area (TPSA) is 58.6 Å². The Morgan fingerprint density at radius 1 is 1.38 bits per heavy atom. The molecule has 7 heteroatoms. The summed E-state index contributed by atoms with van der Waals surface area (Å²) in [5.41, 5.74) is 0.737. The van der Waals surface area contributed by atoms with Crippen LogP contribution in [0.3, 0.4) is 0 Å². The first-order chi connectivity index (χ1) is 7.43. The van der Waals surface area contributed by atoms with Gasteiger partial charge in [-0.25, -0.2) is 12.7 Å². The van der Waals surface area contributed by atoms with Crippen LogP contribution in [0.2, 0.25) is 0 Å². The van der Waals surface area contributed by atoms with E-state index in [0.29, 0.717) is 5.75 Å². The Hall–Kier alpha value is -0.540. The van der Waals surface area contributed by atoms with Crippen LogP contribution < -0.4 is 8.27 Å². The maximum absolute atomic E-state index is 11.8. The summed E-state index contributed by atoms with van der Waals surface area (Å²) >= 11 is 1.96. The summed E-state index contributed by atoms with van der Waals surface area (Å²) in [4.78, 5) is 0.213. The lowest BCUT2D eigenvalue weighted by Crippen LogP contribution is -2.22. The van der Waals surface area contributed by atoms with Gasteiger partial charge in [0.05, 0.1) is 40.6 Å². The van der Waals surface area contributed by atoms with Crippen LogP contribution in [-0.4, -0.2) is 33.9 Å². The first-order valence-electron chi connectivity index (χ1n) is 4.40. The summed E-state index contributed by atoms with van der Waals surface area (Å²) < 4.78 is 32.9. The van der Waals surface area contributed by atoms with Gasteiger partial charge in [-0.15, -0.1) is 0 Å². The largest absolute Gasteiger partial charge is 0.495 e. The number of anilines is 1. The van der Waals surface area contributed by atoms with E-state index in [4.69, 9.17) is 4.74 Å². The van der Waals surface area contributed by atoms with Gasteiger partial charge in [0.2, 0.25) is 10.0 Å². The van der Waals surface area contributed by atoms with Gasteiger partial charge in [-0.2, -0.15) is 0 Å². The highest BCUT2D eigenvalue weighted by molar-refractivity contribution is 14.1. The molecule has 1 aromatic rings. The second-order valence-corrected chi connectivity index (χ2v) is 5.94. The molecule has 0 atom stereocenters. The molecule has 1 aromatic carbocycles. The Bertz CT molecular complexity index is 474. The summed E-state index contributed by atoms with van der Waals surface area (Å²) in [6.07, 6.45) is 0. The van der Waals surface area contributed by atoms with Crippen LogP contribution in [0.4, 0.5) is 5.69 Å². The summed E-state index contributed by atoms with van der Waals surface area (Å²) in [6, 6.07) is 4.71. The number of nitrogens with zero attached hydrogens (tertiary/aromatic N) is 1. The Morgan fingerprint density at radius 2 is 2.00 bits per heavy atom. The Balaban J connectivity index is 3.29. The average molecular weight is 356 g/mol. The van der Waals surface area contributed by atoms with Gasteiger partial charge in [-0.05, 0) is 12.1 Å². The summed E-state index contributed by atoms with van der Waals surface area (Å²) in [6.45, 7) is 0. The number of rotatable bonds is 4. The monoisotopic (exact) mass is 356 g/mol. The van der Waals surface area contributed by atoms with Crippen LogP contribution in [0.25, 0.3) is 0 Å². The number of sulfonamides is 1. The molecule has 5 nitrogen and oxygen atoms in total. The third-order valence-corrected chi connectivity index (χ3v) is 4.45. The molecule has 90 valence electrons. The molecule has 0 aliphatic carbocycles. The molecular formula is C9H13IN2O3S. The molecule has 0 saturated carbocycles. The minimum atomic E-state index is -3.41. The Morgan fingerprint density at radius 3 is 2.44 bits per heavy atom. The third-order valence-electron chi connectivity index (χ3n) is 2.05. The van der Waals surface area contributed by atoms with E-state index in [1.54, 1.807) is 12.1 Å². The van der Waals surface area contributed by atoms with E-state index in [1.807, 2.05) is 22.9 Å². The Kier molecular flexibility index (Phi) is 4.39. The normalized spacial score (nSPS) is 11.6.